The van der Waals surface area contributed by atoms with Gasteiger partial charge in [-0.25, -0.2) is 0 Å². The summed E-state index contributed by atoms with van der Waals surface area (Å²) in [7, 11) is 1.64. The maximum Gasteiger partial charge on any atom is 0.271 e. The van der Waals surface area contributed by atoms with Crippen LogP contribution >= 0.6 is 0 Å². The van der Waals surface area contributed by atoms with Gasteiger partial charge >= 0.3 is 0 Å². The number of aromatic nitrogens is 2. The Morgan fingerprint density at radius 1 is 1.44 bits per heavy atom. The molecule has 2 rings (SSSR count). The summed E-state index contributed by atoms with van der Waals surface area (Å²) in [6.45, 7) is 1.21. The zero-order chi connectivity index (χ0) is 12.8. The summed E-state index contributed by atoms with van der Waals surface area (Å²) < 4.78 is 4.90. The van der Waals surface area contributed by atoms with Crippen LogP contribution in [0, 0.1) is 0 Å². The quantitative estimate of drug-likeness (QED) is 0.701. The first-order chi connectivity index (χ1) is 8.79. The number of rotatable bonds is 7. The molecule has 2 N–H and O–H groups in total. The Kier molecular flexibility index (Phi) is 4.46. The Hall–Kier alpha value is -1.69. The molecule has 0 aromatic carbocycles. The van der Waals surface area contributed by atoms with Crippen molar-refractivity contribution in [1.82, 2.24) is 15.5 Å². The number of ether oxygens (including phenoxy) is 1. The van der Waals surface area contributed by atoms with Crippen LogP contribution in [-0.2, 0) is 4.74 Å². The van der Waals surface area contributed by atoms with Gasteiger partial charge in [-0.15, -0.1) is 10.2 Å². The Morgan fingerprint density at radius 3 is 2.89 bits per heavy atom. The molecule has 1 aromatic rings. The summed E-state index contributed by atoms with van der Waals surface area (Å²) in [4.78, 5) is 11.7. The largest absolute Gasteiger partial charge is 0.385 e. The van der Waals surface area contributed by atoms with E-state index >= 15 is 0 Å². The smallest absolute Gasteiger partial charge is 0.271 e. The number of anilines is 1. The van der Waals surface area contributed by atoms with Crippen LogP contribution in [0.25, 0.3) is 0 Å². The van der Waals surface area contributed by atoms with Crippen LogP contribution in [0.1, 0.15) is 29.8 Å². The van der Waals surface area contributed by atoms with Crippen molar-refractivity contribution in [3.05, 3.63) is 17.8 Å². The molecule has 1 amide bonds. The summed E-state index contributed by atoms with van der Waals surface area (Å²) in [5, 5.41) is 13.9. The van der Waals surface area contributed by atoms with E-state index in [1.165, 1.54) is 12.8 Å². The molecule has 1 aromatic heterocycles. The second-order valence-corrected chi connectivity index (χ2v) is 4.32. The van der Waals surface area contributed by atoms with Crippen molar-refractivity contribution in [2.75, 3.05) is 25.6 Å². The maximum absolute atomic E-state index is 11.7. The summed E-state index contributed by atoms with van der Waals surface area (Å²) >= 11 is 0. The third-order valence-electron chi connectivity index (χ3n) is 2.64. The molecule has 0 radical (unpaired) electrons. The first-order valence-electron chi connectivity index (χ1n) is 6.17. The van der Waals surface area contributed by atoms with Crippen molar-refractivity contribution < 1.29 is 9.53 Å². The zero-order valence-electron chi connectivity index (χ0n) is 10.5. The summed E-state index contributed by atoms with van der Waals surface area (Å²) in [6.07, 6.45) is 3.16. The number of hydrogen-bond donors (Lipinski definition) is 2. The average molecular weight is 250 g/mol. The third-order valence-corrected chi connectivity index (χ3v) is 2.64. The lowest BCUT2D eigenvalue weighted by atomic mass is 10.3. The van der Waals surface area contributed by atoms with Gasteiger partial charge in [-0.2, -0.15) is 0 Å². The molecule has 0 spiro atoms. The van der Waals surface area contributed by atoms with Crippen LogP contribution in [0.15, 0.2) is 12.1 Å². The monoisotopic (exact) mass is 250 g/mol. The van der Waals surface area contributed by atoms with Crippen molar-refractivity contribution in [3.63, 3.8) is 0 Å². The summed E-state index contributed by atoms with van der Waals surface area (Å²) in [5.41, 5.74) is 0.341. The Morgan fingerprint density at radius 2 is 2.28 bits per heavy atom. The molecule has 0 atom stereocenters. The highest BCUT2D eigenvalue weighted by Gasteiger charge is 2.21. The molecule has 18 heavy (non-hydrogen) atoms. The van der Waals surface area contributed by atoms with E-state index in [1.807, 2.05) is 0 Å². The first-order valence-corrected chi connectivity index (χ1v) is 6.17. The predicted molar refractivity (Wildman–Crippen MR) is 67.5 cm³/mol. The fourth-order valence-corrected chi connectivity index (χ4v) is 1.48. The SMILES string of the molecule is COCCCNC(=O)c1ccc(NC2CC2)nn1. The highest BCUT2D eigenvalue weighted by Crippen LogP contribution is 2.23. The van der Waals surface area contributed by atoms with E-state index in [4.69, 9.17) is 4.74 Å². The lowest BCUT2D eigenvalue weighted by Gasteiger charge is -2.05. The number of methoxy groups -OCH3 is 1. The molecule has 98 valence electrons. The molecule has 0 aliphatic heterocycles. The maximum atomic E-state index is 11.7. The van der Waals surface area contributed by atoms with Crippen molar-refractivity contribution in [3.8, 4) is 0 Å². The van der Waals surface area contributed by atoms with Crippen LogP contribution in [0.5, 0.6) is 0 Å². The molecule has 1 fully saturated rings. The molecule has 0 bridgehead atoms. The van der Waals surface area contributed by atoms with Gasteiger partial charge in [0.1, 0.15) is 5.82 Å². The number of amides is 1. The molecule has 6 heteroatoms. The summed E-state index contributed by atoms with van der Waals surface area (Å²) in [5.74, 6) is 0.532. The zero-order valence-corrected chi connectivity index (χ0v) is 10.5. The Labute approximate surface area is 106 Å². The fraction of sp³-hybridized carbons (Fsp3) is 0.583. The average Bonchev–Trinajstić information content (AvgIpc) is 3.19. The van der Waals surface area contributed by atoms with E-state index in [0.29, 0.717) is 24.9 Å². The fourth-order valence-electron chi connectivity index (χ4n) is 1.48. The second-order valence-electron chi connectivity index (χ2n) is 4.32. The lowest BCUT2D eigenvalue weighted by Crippen LogP contribution is -2.26. The summed E-state index contributed by atoms with van der Waals surface area (Å²) in [6, 6.07) is 4.01. The molecular formula is C12H18N4O2. The van der Waals surface area contributed by atoms with Gasteiger partial charge in [0, 0.05) is 26.3 Å². The Balaban J connectivity index is 1.78. The number of carbonyl (C=O) groups is 1. The van der Waals surface area contributed by atoms with Crippen LogP contribution in [0.2, 0.25) is 0 Å². The van der Waals surface area contributed by atoms with Gasteiger partial charge in [-0.05, 0) is 31.4 Å². The molecular weight excluding hydrogens is 232 g/mol. The van der Waals surface area contributed by atoms with Crippen molar-refractivity contribution >= 4 is 11.7 Å². The molecule has 1 heterocycles. The van der Waals surface area contributed by atoms with E-state index < -0.39 is 0 Å². The normalized spacial score (nSPS) is 14.3. The molecule has 0 saturated heterocycles. The minimum Gasteiger partial charge on any atom is -0.385 e. The number of carbonyl (C=O) groups excluding carboxylic acids is 1. The molecule has 1 saturated carbocycles. The van der Waals surface area contributed by atoms with Gasteiger partial charge in [0.15, 0.2) is 5.69 Å². The number of nitrogens with zero attached hydrogens (tertiary/aromatic N) is 2. The van der Waals surface area contributed by atoms with Crippen LogP contribution in [0.4, 0.5) is 5.82 Å². The lowest BCUT2D eigenvalue weighted by molar-refractivity contribution is 0.0942. The minimum atomic E-state index is -0.198. The minimum absolute atomic E-state index is 0.198. The first kappa shape index (κ1) is 12.8. The standard InChI is InChI=1S/C12H18N4O2/c1-18-8-2-7-13-12(17)10-5-6-11(16-15-10)14-9-3-4-9/h5-6,9H,2-4,7-8H2,1H3,(H,13,17)(H,14,16). The molecule has 6 nitrogen and oxygen atoms in total. The van der Waals surface area contributed by atoms with Crippen molar-refractivity contribution in [2.24, 2.45) is 0 Å². The third kappa shape index (κ3) is 3.96. The number of nitrogens with one attached hydrogen (secondary N) is 2. The number of hydrogen-bond acceptors (Lipinski definition) is 5. The molecule has 1 aliphatic carbocycles. The molecule has 1 aliphatic rings. The van der Waals surface area contributed by atoms with Gasteiger partial charge < -0.3 is 15.4 Å². The second kappa shape index (κ2) is 6.30. The highest BCUT2D eigenvalue weighted by atomic mass is 16.5. The van der Waals surface area contributed by atoms with E-state index in [2.05, 4.69) is 20.8 Å². The van der Waals surface area contributed by atoms with Crippen LogP contribution < -0.4 is 10.6 Å². The van der Waals surface area contributed by atoms with Gasteiger partial charge in [-0.1, -0.05) is 0 Å². The topological polar surface area (TPSA) is 76.1 Å². The van der Waals surface area contributed by atoms with E-state index in [9.17, 15) is 4.79 Å². The van der Waals surface area contributed by atoms with Crippen molar-refractivity contribution in [1.29, 1.82) is 0 Å². The van der Waals surface area contributed by atoms with Gasteiger partial charge in [-0.3, -0.25) is 4.79 Å². The van der Waals surface area contributed by atoms with Gasteiger partial charge in [0.25, 0.3) is 5.91 Å². The van der Waals surface area contributed by atoms with E-state index in [1.54, 1.807) is 19.2 Å². The Bertz CT molecular complexity index is 390. The molecule has 0 unspecified atom stereocenters. The van der Waals surface area contributed by atoms with Crippen LogP contribution in [0.3, 0.4) is 0 Å². The van der Waals surface area contributed by atoms with Gasteiger partial charge in [0.2, 0.25) is 0 Å². The highest BCUT2D eigenvalue weighted by molar-refractivity contribution is 5.92. The van der Waals surface area contributed by atoms with E-state index in [0.717, 1.165) is 12.2 Å². The predicted octanol–water partition coefficient (Wildman–Crippen LogP) is 0.817. The van der Waals surface area contributed by atoms with E-state index in [-0.39, 0.29) is 5.91 Å². The van der Waals surface area contributed by atoms with Crippen LogP contribution in [-0.4, -0.2) is 42.4 Å². The van der Waals surface area contributed by atoms with Gasteiger partial charge in [0.05, 0.1) is 0 Å². The van der Waals surface area contributed by atoms with Crippen molar-refractivity contribution in [2.45, 2.75) is 25.3 Å².